The summed E-state index contributed by atoms with van der Waals surface area (Å²) in [5, 5.41) is 2.76. The molecule has 0 unspecified atom stereocenters. The molecule has 1 aromatic rings. The molecule has 0 spiro atoms. The maximum absolute atomic E-state index is 11.2. The molecule has 0 aliphatic heterocycles. The molecule has 0 fully saturated rings. The van der Waals surface area contributed by atoms with Crippen molar-refractivity contribution in [2.75, 3.05) is 40.6 Å². The molecular formula is C15H25IN4O2. The fourth-order valence-electron chi connectivity index (χ4n) is 1.99. The largest absolute Gasteiger partial charge is 0.495 e. The van der Waals surface area contributed by atoms with Crippen molar-refractivity contribution in [3.63, 3.8) is 0 Å². The number of hydrogen-bond donors (Lipinski definition) is 1. The molecule has 1 rings (SSSR count). The Balaban J connectivity index is 0.00000441. The number of rotatable bonds is 4. The molecule has 0 aliphatic carbocycles. The van der Waals surface area contributed by atoms with E-state index in [4.69, 9.17) is 4.74 Å². The van der Waals surface area contributed by atoms with Crippen molar-refractivity contribution in [2.24, 2.45) is 4.99 Å². The van der Waals surface area contributed by atoms with Crippen LogP contribution in [-0.2, 0) is 11.3 Å². The molecule has 0 aliphatic rings. The summed E-state index contributed by atoms with van der Waals surface area (Å²) < 4.78 is 5.24. The number of aliphatic imine (C=N–C) groups is 1. The van der Waals surface area contributed by atoms with E-state index < -0.39 is 0 Å². The van der Waals surface area contributed by atoms with E-state index in [1.807, 2.05) is 56.2 Å². The molecule has 0 atom stereocenters. The van der Waals surface area contributed by atoms with E-state index in [0.29, 0.717) is 18.0 Å². The Morgan fingerprint density at radius 1 is 1.23 bits per heavy atom. The number of hydrogen-bond acceptors (Lipinski definition) is 3. The topological polar surface area (TPSA) is 57.2 Å². The molecule has 1 N–H and O–H groups in total. The fourth-order valence-corrected chi connectivity index (χ4v) is 1.99. The van der Waals surface area contributed by atoms with Crippen LogP contribution in [0.5, 0.6) is 5.75 Å². The van der Waals surface area contributed by atoms with E-state index in [2.05, 4.69) is 10.3 Å². The van der Waals surface area contributed by atoms with Crippen molar-refractivity contribution < 1.29 is 9.53 Å². The zero-order valence-electron chi connectivity index (χ0n) is 14.0. The molecule has 0 heterocycles. The number of anilines is 1. The summed E-state index contributed by atoms with van der Waals surface area (Å²) in [4.78, 5) is 19.7. The van der Waals surface area contributed by atoms with Gasteiger partial charge in [0, 0.05) is 35.1 Å². The van der Waals surface area contributed by atoms with Gasteiger partial charge in [-0.05, 0) is 17.7 Å². The van der Waals surface area contributed by atoms with Gasteiger partial charge in [-0.25, -0.2) is 4.99 Å². The van der Waals surface area contributed by atoms with Crippen LogP contribution >= 0.6 is 24.0 Å². The Morgan fingerprint density at radius 3 is 2.27 bits per heavy atom. The summed E-state index contributed by atoms with van der Waals surface area (Å²) in [5.41, 5.74) is 1.66. The first-order valence-electron chi connectivity index (χ1n) is 6.68. The lowest BCUT2D eigenvalue weighted by Crippen LogP contribution is -2.35. The van der Waals surface area contributed by atoms with Gasteiger partial charge in [0.05, 0.1) is 19.3 Å². The van der Waals surface area contributed by atoms with Crippen LogP contribution in [-0.4, -0.2) is 57.0 Å². The smallest absolute Gasteiger partial charge is 0.221 e. The van der Waals surface area contributed by atoms with E-state index in [-0.39, 0.29) is 29.9 Å². The lowest BCUT2D eigenvalue weighted by atomic mass is 10.2. The second kappa shape index (κ2) is 9.50. The van der Waals surface area contributed by atoms with Gasteiger partial charge in [0.1, 0.15) is 5.75 Å². The van der Waals surface area contributed by atoms with Crippen LogP contribution in [0.15, 0.2) is 23.2 Å². The van der Waals surface area contributed by atoms with Crippen LogP contribution in [0.3, 0.4) is 0 Å². The first-order valence-corrected chi connectivity index (χ1v) is 6.68. The van der Waals surface area contributed by atoms with Gasteiger partial charge in [-0.1, -0.05) is 6.07 Å². The Labute approximate surface area is 149 Å². The predicted octanol–water partition coefficient (Wildman–Crippen LogP) is 2.25. The highest BCUT2D eigenvalue weighted by Crippen LogP contribution is 2.25. The van der Waals surface area contributed by atoms with Gasteiger partial charge in [0.15, 0.2) is 5.96 Å². The number of methoxy groups -OCH3 is 1. The quantitative estimate of drug-likeness (QED) is 0.461. The third kappa shape index (κ3) is 6.08. The van der Waals surface area contributed by atoms with Gasteiger partial charge >= 0.3 is 0 Å². The first kappa shape index (κ1) is 20.5. The summed E-state index contributed by atoms with van der Waals surface area (Å²) >= 11 is 0. The minimum atomic E-state index is -0.128. The molecule has 1 aromatic carbocycles. The first-order chi connectivity index (χ1) is 9.85. The van der Waals surface area contributed by atoms with Crippen LogP contribution in [0.25, 0.3) is 0 Å². The number of ether oxygens (including phenoxy) is 1. The number of halogens is 1. The third-order valence-electron chi connectivity index (χ3n) is 2.78. The number of nitrogens with zero attached hydrogens (tertiary/aromatic N) is 3. The summed E-state index contributed by atoms with van der Waals surface area (Å²) in [6, 6.07) is 5.66. The number of guanidine groups is 1. The van der Waals surface area contributed by atoms with Crippen molar-refractivity contribution in [1.29, 1.82) is 0 Å². The third-order valence-corrected chi connectivity index (χ3v) is 2.78. The Bertz CT molecular complexity index is 520. The number of carbonyl (C=O) groups is 1. The molecule has 0 bridgehead atoms. The van der Waals surface area contributed by atoms with Crippen LogP contribution < -0.4 is 10.1 Å². The average molecular weight is 420 g/mol. The molecule has 0 radical (unpaired) electrons. The second-order valence-electron chi connectivity index (χ2n) is 5.12. The molecule has 0 saturated heterocycles. The zero-order chi connectivity index (χ0) is 16.0. The minimum Gasteiger partial charge on any atom is -0.495 e. The van der Waals surface area contributed by atoms with Gasteiger partial charge in [0.2, 0.25) is 5.91 Å². The van der Waals surface area contributed by atoms with E-state index in [9.17, 15) is 4.79 Å². The Kier molecular flexibility index (Phi) is 8.84. The fraction of sp³-hybridized carbons (Fsp3) is 0.467. The number of amides is 1. The summed E-state index contributed by atoms with van der Waals surface area (Å²) in [7, 11) is 9.39. The van der Waals surface area contributed by atoms with Crippen molar-refractivity contribution in [3.05, 3.63) is 23.8 Å². The minimum absolute atomic E-state index is 0. The van der Waals surface area contributed by atoms with Crippen molar-refractivity contribution >= 4 is 41.5 Å². The van der Waals surface area contributed by atoms with Gasteiger partial charge in [0.25, 0.3) is 0 Å². The van der Waals surface area contributed by atoms with Crippen molar-refractivity contribution in [2.45, 2.75) is 13.5 Å². The predicted molar refractivity (Wildman–Crippen MR) is 101 cm³/mol. The zero-order valence-corrected chi connectivity index (χ0v) is 16.3. The average Bonchev–Trinajstić information content (AvgIpc) is 2.37. The highest BCUT2D eigenvalue weighted by molar-refractivity contribution is 14.0. The summed E-state index contributed by atoms with van der Waals surface area (Å²) in [6.07, 6.45) is 0. The molecular weight excluding hydrogens is 395 g/mol. The molecule has 6 nitrogen and oxygen atoms in total. The molecule has 0 aromatic heterocycles. The highest BCUT2D eigenvalue weighted by Gasteiger charge is 2.07. The number of benzene rings is 1. The van der Waals surface area contributed by atoms with Crippen molar-refractivity contribution in [1.82, 2.24) is 9.80 Å². The van der Waals surface area contributed by atoms with Gasteiger partial charge in [-0.3, -0.25) is 4.79 Å². The van der Waals surface area contributed by atoms with Gasteiger partial charge in [-0.2, -0.15) is 0 Å². The summed E-state index contributed by atoms with van der Waals surface area (Å²) in [6.45, 7) is 2.00. The normalized spacial score (nSPS) is 9.36. The lowest BCUT2D eigenvalue weighted by molar-refractivity contribution is -0.114. The van der Waals surface area contributed by atoms with E-state index in [1.165, 1.54) is 6.92 Å². The standard InChI is InChI=1S/C15H24N4O2.HI/c1-11(20)17-13-9-12(7-8-14(13)21-6)10-16-15(18(2)3)19(4)5;/h7-9H,10H2,1-6H3,(H,17,20);1H. The molecule has 1 amide bonds. The Morgan fingerprint density at radius 2 is 1.82 bits per heavy atom. The van der Waals surface area contributed by atoms with E-state index in [0.717, 1.165) is 11.5 Å². The number of nitrogens with one attached hydrogen (secondary N) is 1. The lowest BCUT2D eigenvalue weighted by Gasteiger charge is -2.22. The van der Waals surface area contributed by atoms with Crippen molar-refractivity contribution in [3.8, 4) is 5.75 Å². The van der Waals surface area contributed by atoms with Crippen LogP contribution in [0.1, 0.15) is 12.5 Å². The van der Waals surface area contributed by atoms with Crippen LogP contribution in [0.4, 0.5) is 5.69 Å². The maximum atomic E-state index is 11.2. The Hall–Kier alpha value is -1.51. The maximum Gasteiger partial charge on any atom is 0.221 e. The van der Waals surface area contributed by atoms with Gasteiger partial charge in [-0.15, -0.1) is 24.0 Å². The van der Waals surface area contributed by atoms with E-state index >= 15 is 0 Å². The SMILES string of the molecule is COc1ccc(CN=C(N(C)C)N(C)C)cc1NC(C)=O.I. The molecule has 124 valence electrons. The second-order valence-corrected chi connectivity index (χ2v) is 5.12. The van der Waals surface area contributed by atoms with Gasteiger partial charge < -0.3 is 19.9 Å². The molecule has 0 saturated carbocycles. The number of carbonyl (C=O) groups excluding carboxylic acids is 1. The molecule has 22 heavy (non-hydrogen) atoms. The van der Waals surface area contributed by atoms with E-state index in [1.54, 1.807) is 7.11 Å². The monoisotopic (exact) mass is 420 g/mol. The summed E-state index contributed by atoms with van der Waals surface area (Å²) in [5.74, 6) is 1.39. The highest BCUT2D eigenvalue weighted by atomic mass is 127. The molecule has 7 heteroatoms. The van der Waals surface area contributed by atoms with Crippen LogP contribution in [0.2, 0.25) is 0 Å². The van der Waals surface area contributed by atoms with Crippen LogP contribution in [0, 0.1) is 0 Å².